The van der Waals surface area contributed by atoms with Crippen LogP contribution in [0.5, 0.6) is 5.75 Å². The molecule has 0 saturated heterocycles. The number of pyridine rings is 1. The molecule has 0 unspecified atom stereocenters. The number of ether oxygens (including phenoxy) is 1. The number of nitrogens with zero attached hydrogens (tertiary/aromatic N) is 5. The Morgan fingerprint density at radius 2 is 2.05 bits per heavy atom. The van der Waals surface area contributed by atoms with Gasteiger partial charge >= 0.3 is 5.97 Å². The third-order valence-corrected chi connectivity index (χ3v) is 7.44. The minimum Gasteiger partial charge on any atom is -0.487 e. The fourth-order valence-corrected chi connectivity index (χ4v) is 5.29. The van der Waals surface area contributed by atoms with E-state index in [2.05, 4.69) is 52.2 Å². The quantitative estimate of drug-likeness (QED) is 0.392. The topological polar surface area (TPSA) is 93.4 Å². The lowest BCUT2D eigenvalue weighted by molar-refractivity contribution is -0.137. The van der Waals surface area contributed by atoms with E-state index in [0.29, 0.717) is 6.54 Å². The van der Waals surface area contributed by atoms with Crippen LogP contribution in [0.1, 0.15) is 59.2 Å². The minimum absolute atomic E-state index is 0.00185. The fourth-order valence-electron chi connectivity index (χ4n) is 5.29. The standard InChI is InChI=1S/C29H33N5O3/c1-5-22-16-34(17-25-27(37-22)7-6-12-30-25)15-21-13-20(9-8-18(21)2)24(14-28(35)36)23-10-11-26-29(19(23)3)31-32-33(26)4/h6-13,22,24H,5,14-17H2,1-4H3,(H,35,36)/t22-,24-/m1/s1. The number of benzene rings is 2. The van der Waals surface area contributed by atoms with Crippen molar-refractivity contribution in [3.05, 3.63) is 82.2 Å². The molecule has 0 fully saturated rings. The smallest absolute Gasteiger partial charge is 0.304 e. The molecule has 1 aliphatic rings. The summed E-state index contributed by atoms with van der Waals surface area (Å²) < 4.78 is 7.98. The molecule has 3 heterocycles. The van der Waals surface area contributed by atoms with Gasteiger partial charge in [0.05, 0.1) is 17.6 Å². The first-order chi connectivity index (χ1) is 17.8. The molecule has 1 N–H and O–H groups in total. The van der Waals surface area contributed by atoms with Crippen LogP contribution in [-0.4, -0.2) is 48.6 Å². The molecule has 8 heteroatoms. The summed E-state index contributed by atoms with van der Waals surface area (Å²) in [4.78, 5) is 18.9. The van der Waals surface area contributed by atoms with E-state index in [4.69, 9.17) is 4.74 Å². The molecule has 2 aromatic heterocycles. The van der Waals surface area contributed by atoms with E-state index in [-0.39, 0.29) is 18.4 Å². The molecule has 5 rings (SSSR count). The van der Waals surface area contributed by atoms with Crippen LogP contribution in [0.3, 0.4) is 0 Å². The number of fused-ring (bicyclic) bond motifs is 2. The van der Waals surface area contributed by atoms with Crippen molar-refractivity contribution in [3.8, 4) is 5.75 Å². The Hall–Kier alpha value is -3.78. The number of carbonyl (C=O) groups is 1. The van der Waals surface area contributed by atoms with E-state index >= 15 is 0 Å². The maximum absolute atomic E-state index is 12.0. The summed E-state index contributed by atoms with van der Waals surface area (Å²) in [5.74, 6) is -0.260. The van der Waals surface area contributed by atoms with Crippen molar-refractivity contribution in [2.75, 3.05) is 6.54 Å². The second-order valence-corrected chi connectivity index (χ2v) is 9.96. The van der Waals surface area contributed by atoms with Crippen molar-refractivity contribution in [1.29, 1.82) is 0 Å². The van der Waals surface area contributed by atoms with Gasteiger partial charge in [0.2, 0.25) is 0 Å². The summed E-state index contributed by atoms with van der Waals surface area (Å²) >= 11 is 0. The van der Waals surface area contributed by atoms with Crippen LogP contribution in [0.2, 0.25) is 0 Å². The predicted octanol–water partition coefficient (Wildman–Crippen LogP) is 4.76. The number of aromatic nitrogens is 4. The molecule has 4 aromatic rings. The Morgan fingerprint density at radius 1 is 1.22 bits per heavy atom. The molecule has 8 nitrogen and oxygen atoms in total. The van der Waals surface area contributed by atoms with Gasteiger partial charge in [-0.05, 0) is 66.3 Å². The van der Waals surface area contributed by atoms with Crippen LogP contribution >= 0.6 is 0 Å². The van der Waals surface area contributed by atoms with Gasteiger partial charge in [0, 0.05) is 38.8 Å². The van der Waals surface area contributed by atoms with Crippen LogP contribution in [0.4, 0.5) is 0 Å². The molecule has 2 atom stereocenters. The normalized spacial score (nSPS) is 16.7. The highest BCUT2D eigenvalue weighted by atomic mass is 16.5. The minimum atomic E-state index is -0.830. The number of carboxylic acid groups (broad SMARTS) is 1. The Bertz CT molecular complexity index is 1450. The monoisotopic (exact) mass is 499 g/mol. The molecular formula is C29H33N5O3. The number of hydrogen-bond donors (Lipinski definition) is 1. The van der Waals surface area contributed by atoms with Crippen molar-refractivity contribution >= 4 is 17.0 Å². The molecule has 0 radical (unpaired) electrons. The Kier molecular flexibility index (Phi) is 6.93. The van der Waals surface area contributed by atoms with Gasteiger partial charge in [0.1, 0.15) is 17.4 Å². The van der Waals surface area contributed by atoms with Crippen molar-refractivity contribution in [3.63, 3.8) is 0 Å². The van der Waals surface area contributed by atoms with Crippen LogP contribution in [0.25, 0.3) is 11.0 Å². The summed E-state index contributed by atoms with van der Waals surface area (Å²) in [5, 5.41) is 18.3. The highest BCUT2D eigenvalue weighted by Gasteiger charge is 2.25. The molecule has 0 bridgehead atoms. The molecule has 0 amide bonds. The SMILES string of the molecule is CC[C@@H]1CN(Cc2cc([C@@H](CC(=O)O)c3ccc4c(nnn4C)c3C)ccc2C)Cc2ncccc2O1. The van der Waals surface area contributed by atoms with Gasteiger partial charge in [0.25, 0.3) is 0 Å². The van der Waals surface area contributed by atoms with Gasteiger partial charge in [-0.3, -0.25) is 14.7 Å². The lowest BCUT2D eigenvalue weighted by Gasteiger charge is -2.25. The van der Waals surface area contributed by atoms with E-state index < -0.39 is 5.97 Å². The number of aliphatic carboxylic acids is 1. The average Bonchev–Trinajstić information content (AvgIpc) is 3.16. The van der Waals surface area contributed by atoms with Crippen molar-refractivity contribution < 1.29 is 14.6 Å². The first kappa shape index (κ1) is 24.9. The Balaban J connectivity index is 1.50. The van der Waals surface area contributed by atoms with Crippen molar-refractivity contribution in [2.45, 2.75) is 58.7 Å². The van der Waals surface area contributed by atoms with Crippen LogP contribution in [-0.2, 0) is 24.9 Å². The van der Waals surface area contributed by atoms with E-state index in [9.17, 15) is 9.90 Å². The summed E-state index contributed by atoms with van der Waals surface area (Å²) in [5.41, 5.74) is 7.98. The third kappa shape index (κ3) is 5.06. The van der Waals surface area contributed by atoms with Gasteiger partial charge in [0.15, 0.2) is 0 Å². The van der Waals surface area contributed by atoms with Gasteiger partial charge in [-0.2, -0.15) is 0 Å². The number of carboxylic acids is 1. The first-order valence-corrected chi connectivity index (χ1v) is 12.8. The highest BCUT2D eigenvalue weighted by Crippen LogP contribution is 2.35. The van der Waals surface area contributed by atoms with Crippen LogP contribution < -0.4 is 4.74 Å². The van der Waals surface area contributed by atoms with Gasteiger partial charge in [-0.15, -0.1) is 5.10 Å². The number of aryl methyl sites for hydroxylation is 3. The van der Waals surface area contributed by atoms with E-state index in [0.717, 1.165) is 58.7 Å². The zero-order chi connectivity index (χ0) is 26.1. The maximum atomic E-state index is 12.0. The molecule has 37 heavy (non-hydrogen) atoms. The average molecular weight is 500 g/mol. The third-order valence-electron chi connectivity index (χ3n) is 7.44. The van der Waals surface area contributed by atoms with Gasteiger partial charge < -0.3 is 9.84 Å². The van der Waals surface area contributed by atoms with E-state index in [1.807, 2.05) is 44.4 Å². The summed E-state index contributed by atoms with van der Waals surface area (Å²) in [7, 11) is 1.86. The first-order valence-electron chi connectivity index (χ1n) is 12.8. The Labute approximate surface area is 216 Å². The van der Waals surface area contributed by atoms with E-state index in [1.165, 1.54) is 11.1 Å². The molecule has 0 spiro atoms. The lowest BCUT2D eigenvalue weighted by Crippen LogP contribution is -2.32. The predicted molar refractivity (Wildman–Crippen MR) is 142 cm³/mol. The summed E-state index contributed by atoms with van der Waals surface area (Å²) in [6.07, 6.45) is 2.82. The van der Waals surface area contributed by atoms with Gasteiger partial charge in [-0.1, -0.05) is 36.4 Å². The highest BCUT2D eigenvalue weighted by molar-refractivity contribution is 5.80. The zero-order valence-corrected chi connectivity index (χ0v) is 21.8. The Morgan fingerprint density at radius 3 is 2.84 bits per heavy atom. The van der Waals surface area contributed by atoms with Crippen LogP contribution in [0.15, 0.2) is 48.7 Å². The van der Waals surface area contributed by atoms with E-state index in [1.54, 1.807) is 4.68 Å². The summed E-state index contributed by atoms with van der Waals surface area (Å²) in [6, 6.07) is 14.3. The molecular weight excluding hydrogens is 466 g/mol. The second kappa shape index (κ2) is 10.3. The number of hydrogen-bond acceptors (Lipinski definition) is 6. The molecule has 2 aromatic carbocycles. The zero-order valence-electron chi connectivity index (χ0n) is 21.8. The lowest BCUT2D eigenvalue weighted by atomic mass is 9.84. The van der Waals surface area contributed by atoms with Crippen LogP contribution in [0, 0.1) is 13.8 Å². The number of rotatable bonds is 7. The maximum Gasteiger partial charge on any atom is 0.304 e. The molecule has 1 aliphatic heterocycles. The molecule has 0 saturated carbocycles. The van der Waals surface area contributed by atoms with Crippen molar-refractivity contribution in [2.24, 2.45) is 7.05 Å². The molecule has 0 aliphatic carbocycles. The fraction of sp³-hybridized carbons (Fsp3) is 0.379. The second-order valence-electron chi connectivity index (χ2n) is 9.96. The summed E-state index contributed by atoms with van der Waals surface area (Å²) in [6.45, 7) is 8.50. The van der Waals surface area contributed by atoms with Gasteiger partial charge in [-0.25, -0.2) is 4.68 Å². The largest absolute Gasteiger partial charge is 0.487 e. The molecule has 192 valence electrons. The van der Waals surface area contributed by atoms with Crippen molar-refractivity contribution in [1.82, 2.24) is 24.9 Å².